The Morgan fingerprint density at radius 2 is 2.28 bits per heavy atom. The first kappa shape index (κ1) is 13.2. The minimum absolute atomic E-state index is 0.114. The summed E-state index contributed by atoms with van der Waals surface area (Å²) in [5.41, 5.74) is -0.00732. The summed E-state index contributed by atoms with van der Waals surface area (Å²) in [4.78, 5) is 19.1. The summed E-state index contributed by atoms with van der Waals surface area (Å²) in [5.74, 6) is 0.596. The lowest BCUT2D eigenvalue weighted by Gasteiger charge is -2.34. The first-order valence-corrected chi connectivity index (χ1v) is 6.08. The number of ether oxygens (including phenoxy) is 2. The summed E-state index contributed by atoms with van der Waals surface area (Å²) in [6, 6.07) is 0. The molecule has 2 heterocycles. The lowest BCUT2D eigenvalue weighted by Crippen LogP contribution is -2.39. The van der Waals surface area contributed by atoms with E-state index < -0.39 is 5.60 Å². The average Bonchev–Trinajstić information content (AvgIpc) is 2.42. The van der Waals surface area contributed by atoms with Gasteiger partial charge >= 0.3 is 0 Å². The maximum absolute atomic E-state index is 11.9. The molecule has 1 fully saturated rings. The van der Waals surface area contributed by atoms with Crippen molar-refractivity contribution in [1.29, 1.82) is 0 Å². The molecule has 0 aromatic carbocycles. The van der Waals surface area contributed by atoms with Crippen molar-refractivity contribution >= 4 is 0 Å². The smallest absolute Gasteiger partial charge is 0.255 e. The van der Waals surface area contributed by atoms with Gasteiger partial charge in [0.05, 0.1) is 0 Å². The predicted molar refractivity (Wildman–Crippen MR) is 66.4 cm³/mol. The second-order valence-corrected chi connectivity index (χ2v) is 4.43. The third-order valence-electron chi connectivity index (χ3n) is 3.36. The van der Waals surface area contributed by atoms with Gasteiger partial charge in [0.2, 0.25) is 0 Å². The molecule has 0 amide bonds. The van der Waals surface area contributed by atoms with E-state index in [2.05, 4.69) is 15.3 Å². The van der Waals surface area contributed by atoms with Crippen molar-refractivity contribution in [3.8, 4) is 0 Å². The summed E-state index contributed by atoms with van der Waals surface area (Å²) in [6.07, 6.45) is 3.02. The van der Waals surface area contributed by atoms with Crippen LogP contribution in [0.25, 0.3) is 0 Å². The third kappa shape index (κ3) is 2.45. The minimum atomic E-state index is -0.518. The SMILES string of the molecule is CNCc1cnc(C2(OC)CCOCC2)[nH]c1=O. The maximum atomic E-state index is 11.9. The number of hydrogen-bond acceptors (Lipinski definition) is 5. The van der Waals surface area contributed by atoms with Crippen LogP contribution in [0.3, 0.4) is 0 Å². The Hall–Kier alpha value is -1.24. The molecule has 0 spiro atoms. The molecule has 1 aliphatic rings. The number of hydrogen-bond donors (Lipinski definition) is 2. The van der Waals surface area contributed by atoms with Crippen LogP contribution in [-0.4, -0.2) is 37.3 Å². The van der Waals surface area contributed by atoms with Gasteiger partial charge in [-0.1, -0.05) is 0 Å². The number of methoxy groups -OCH3 is 1. The van der Waals surface area contributed by atoms with Crippen molar-refractivity contribution in [2.24, 2.45) is 0 Å². The van der Waals surface area contributed by atoms with Crippen LogP contribution < -0.4 is 10.9 Å². The fraction of sp³-hybridized carbons (Fsp3) is 0.667. The van der Waals surface area contributed by atoms with Crippen molar-refractivity contribution in [1.82, 2.24) is 15.3 Å². The summed E-state index contributed by atoms with van der Waals surface area (Å²) in [5, 5.41) is 2.94. The number of H-pyrrole nitrogens is 1. The first-order valence-electron chi connectivity index (χ1n) is 6.08. The summed E-state index contributed by atoms with van der Waals surface area (Å²) in [7, 11) is 3.44. The van der Waals surface area contributed by atoms with Crippen molar-refractivity contribution < 1.29 is 9.47 Å². The fourth-order valence-corrected chi connectivity index (χ4v) is 2.21. The van der Waals surface area contributed by atoms with E-state index in [-0.39, 0.29) is 5.56 Å². The van der Waals surface area contributed by atoms with Gasteiger partial charge in [-0.25, -0.2) is 4.98 Å². The fourth-order valence-electron chi connectivity index (χ4n) is 2.21. The zero-order valence-corrected chi connectivity index (χ0v) is 10.8. The molecular weight excluding hydrogens is 234 g/mol. The van der Waals surface area contributed by atoms with E-state index in [4.69, 9.17) is 9.47 Å². The number of aromatic amines is 1. The molecule has 0 saturated carbocycles. The Balaban J connectivity index is 2.31. The molecule has 0 bridgehead atoms. The number of rotatable bonds is 4. The molecule has 1 aliphatic heterocycles. The van der Waals surface area contributed by atoms with Gasteiger partial charge in [0.25, 0.3) is 5.56 Å². The van der Waals surface area contributed by atoms with Crippen molar-refractivity contribution in [3.05, 3.63) is 27.9 Å². The van der Waals surface area contributed by atoms with Gasteiger partial charge in [-0.05, 0) is 7.05 Å². The van der Waals surface area contributed by atoms with Crippen LogP contribution in [0.15, 0.2) is 11.0 Å². The molecule has 18 heavy (non-hydrogen) atoms. The molecule has 2 rings (SSSR count). The Labute approximate surface area is 106 Å². The monoisotopic (exact) mass is 253 g/mol. The maximum Gasteiger partial charge on any atom is 0.255 e. The van der Waals surface area contributed by atoms with Crippen molar-refractivity contribution in [2.75, 3.05) is 27.4 Å². The molecule has 0 aliphatic carbocycles. The topological polar surface area (TPSA) is 76.2 Å². The van der Waals surface area contributed by atoms with Crippen LogP contribution >= 0.6 is 0 Å². The van der Waals surface area contributed by atoms with Crippen LogP contribution in [0.2, 0.25) is 0 Å². The van der Waals surface area contributed by atoms with Gasteiger partial charge in [0.15, 0.2) is 0 Å². The molecule has 0 atom stereocenters. The van der Waals surface area contributed by atoms with Crippen molar-refractivity contribution in [2.45, 2.75) is 25.0 Å². The summed E-state index contributed by atoms with van der Waals surface area (Å²) in [6.45, 7) is 1.75. The number of aromatic nitrogens is 2. The lowest BCUT2D eigenvalue weighted by atomic mass is 9.93. The standard InChI is InChI=1S/C12H19N3O3/c1-13-7-9-8-14-11(15-10(9)16)12(17-2)3-5-18-6-4-12/h8,13H,3-7H2,1-2H3,(H,14,15,16). The van der Waals surface area contributed by atoms with E-state index >= 15 is 0 Å². The van der Waals surface area contributed by atoms with E-state index in [1.165, 1.54) is 0 Å². The van der Waals surface area contributed by atoms with Crippen LogP contribution in [0, 0.1) is 0 Å². The predicted octanol–water partition coefficient (Wildman–Crippen LogP) is 0.141. The van der Waals surface area contributed by atoms with Crippen molar-refractivity contribution in [3.63, 3.8) is 0 Å². The molecular formula is C12H19N3O3. The molecule has 1 aromatic rings. The molecule has 6 heteroatoms. The first-order chi connectivity index (χ1) is 8.72. The summed E-state index contributed by atoms with van der Waals surface area (Å²) < 4.78 is 10.9. The van der Waals surface area contributed by atoms with Gasteiger partial charge in [0, 0.05) is 51.5 Å². The van der Waals surface area contributed by atoms with Crippen LogP contribution in [0.5, 0.6) is 0 Å². The van der Waals surface area contributed by atoms with E-state index in [1.54, 1.807) is 20.4 Å². The van der Waals surface area contributed by atoms with E-state index in [0.717, 1.165) is 0 Å². The normalized spacial score (nSPS) is 18.8. The Kier molecular flexibility index (Phi) is 4.11. The molecule has 2 N–H and O–H groups in total. The van der Waals surface area contributed by atoms with E-state index in [1.807, 2.05) is 0 Å². The van der Waals surface area contributed by atoms with Gasteiger partial charge < -0.3 is 19.8 Å². The van der Waals surface area contributed by atoms with Gasteiger partial charge in [0.1, 0.15) is 11.4 Å². The Morgan fingerprint density at radius 3 is 2.83 bits per heavy atom. The second kappa shape index (κ2) is 5.60. The largest absolute Gasteiger partial charge is 0.381 e. The zero-order chi connectivity index (χ0) is 13.0. The Morgan fingerprint density at radius 1 is 1.56 bits per heavy atom. The molecule has 0 unspecified atom stereocenters. The van der Waals surface area contributed by atoms with Crippen LogP contribution in [0.4, 0.5) is 0 Å². The number of nitrogens with zero attached hydrogens (tertiary/aromatic N) is 1. The average molecular weight is 253 g/mol. The van der Waals surface area contributed by atoms with E-state index in [9.17, 15) is 4.79 Å². The van der Waals surface area contributed by atoms with Gasteiger partial charge in [-0.3, -0.25) is 4.79 Å². The second-order valence-electron chi connectivity index (χ2n) is 4.43. The molecule has 100 valence electrons. The van der Waals surface area contributed by atoms with Gasteiger partial charge in [-0.2, -0.15) is 0 Å². The highest BCUT2D eigenvalue weighted by Gasteiger charge is 2.37. The van der Waals surface area contributed by atoms with Gasteiger partial charge in [-0.15, -0.1) is 0 Å². The molecule has 6 nitrogen and oxygen atoms in total. The molecule has 0 radical (unpaired) electrons. The minimum Gasteiger partial charge on any atom is -0.381 e. The molecule has 1 saturated heterocycles. The van der Waals surface area contributed by atoms with Crippen LogP contribution in [-0.2, 0) is 21.6 Å². The zero-order valence-electron chi connectivity index (χ0n) is 10.8. The number of nitrogens with one attached hydrogen (secondary N) is 2. The highest BCUT2D eigenvalue weighted by atomic mass is 16.5. The highest BCUT2D eigenvalue weighted by Crippen LogP contribution is 2.32. The highest BCUT2D eigenvalue weighted by molar-refractivity contribution is 5.10. The quantitative estimate of drug-likeness (QED) is 0.798. The molecule has 1 aromatic heterocycles. The van der Waals surface area contributed by atoms with E-state index in [0.29, 0.717) is 44.0 Å². The van der Waals surface area contributed by atoms with Crippen LogP contribution in [0.1, 0.15) is 24.2 Å². The third-order valence-corrected chi connectivity index (χ3v) is 3.36. The Bertz CT molecular complexity index is 452. The lowest BCUT2D eigenvalue weighted by molar-refractivity contribution is -0.100. The summed E-state index contributed by atoms with van der Waals surface area (Å²) >= 11 is 0.